The lowest BCUT2D eigenvalue weighted by Crippen LogP contribution is -2.63. The third-order valence-electron chi connectivity index (χ3n) is 4.40. The van der Waals surface area contributed by atoms with Gasteiger partial charge in [0.05, 0.1) is 11.6 Å². The molecule has 1 saturated heterocycles. The first kappa shape index (κ1) is 13.9. The van der Waals surface area contributed by atoms with Crippen molar-refractivity contribution in [2.45, 2.75) is 64.1 Å². The number of rotatable bonds is 5. The summed E-state index contributed by atoms with van der Waals surface area (Å²) >= 11 is 0. The van der Waals surface area contributed by atoms with E-state index in [-0.39, 0.29) is 11.6 Å². The minimum Gasteiger partial charge on any atom is -0.380 e. The van der Waals surface area contributed by atoms with Crippen LogP contribution >= 0.6 is 0 Å². The van der Waals surface area contributed by atoms with E-state index >= 15 is 0 Å². The normalized spacial score (nSPS) is 28.7. The second-order valence-corrected chi connectivity index (χ2v) is 5.19. The van der Waals surface area contributed by atoms with Gasteiger partial charge in [-0.2, -0.15) is 0 Å². The van der Waals surface area contributed by atoms with E-state index in [1.54, 1.807) is 7.11 Å². The van der Waals surface area contributed by atoms with Crippen LogP contribution in [0.15, 0.2) is 0 Å². The molecule has 0 aliphatic carbocycles. The van der Waals surface area contributed by atoms with Gasteiger partial charge in [0.2, 0.25) is 0 Å². The summed E-state index contributed by atoms with van der Waals surface area (Å²) in [5, 5.41) is 0. The minimum atomic E-state index is -0.0180. The van der Waals surface area contributed by atoms with Crippen LogP contribution in [0.5, 0.6) is 0 Å². The Hall–Kier alpha value is -0.120. The fourth-order valence-corrected chi connectivity index (χ4v) is 2.87. The van der Waals surface area contributed by atoms with Crippen molar-refractivity contribution in [3.05, 3.63) is 0 Å². The summed E-state index contributed by atoms with van der Waals surface area (Å²) < 4.78 is 5.53. The summed E-state index contributed by atoms with van der Waals surface area (Å²) in [6.07, 6.45) is 5.36. The second-order valence-electron chi connectivity index (χ2n) is 5.19. The topological polar surface area (TPSA) is 38.5 Å². The van der Waals surface area contributed by atoms with Gasteiger partial charge in [0.25, 0.3) is 0 Å². The fourth-order valence-electron chi connectivity index (χ4n) is 2.87. The van der Waals surface area contributed by atoms with Gasteiger partial charge >= 0.3 is 0 Å². The van der Waals surface area contributed by atoms with E-state index in [2.05, 4.69) is 25.7 Å². The van der Waals surface area contributed by atoms with E-state index in [1.165, 1.54) is 32.2 Å². The van der Waals surface area contributed by atoms with Crippen molar-refractivity contribution in [2.24, 2.45) is 5.73 Å². The molecule has 0 aromatic rings. The molecule has 16 heavy (non-hydrogen) atoms. The smallest absolute Gasteiger partial charge is 0.0736 e. The van der Waals surface area contributed by atoms with Gasteiger partial charge in [-0.05, 0) is 39.7 Å². The van der Waals surface area contributed by atoms with Gasteiger partial charge in [-0.1, -0.05) is 13.3 Å². The van der Waals surface area contributed by atoms with Crippen LogP contribution in [0, 0.1) is 0 Å². The standard InChI is InChI=1S/C13H28N2O/c1-5-12-8-6-7-9-15(12)13(3,10-14)11(2)16-4/h11-12H,5-10,14H2,1-4H3. The number of methoxy groups -OCH3 is 1. The summed E-state index contributed by atoms with van der Waals surface area (Å²) in [7, 11) is 1.78. The highest BCUT2D eigenvalue weighted by Crippen LogP contribution is 2.30. The van der Waals surface area contributed by atoms with Crippen molar-refractivity contribution in [3.8, 4) is 0 Å². The van der Waals surface area contributed by atoms with E-state index in [9.17, 15) is 0 Å². The predicted octanol–water partition coefficient (Wildman–Crippen LogP) is 2.00. The molecule has 96 valence electrons. The zero-order valence-electron chi connectivity index (χ0n) is 11.3. The van der Waals surface area contributed by atoms with Gasteiger partial charge in [-0.3, -0.25) is 4.90 Å². The van der Waals surface area contributed by atoms with Crippen molar-refractivity contribution in [2.75, 3.05) is 20.2 Å². The van der Waals surface area contributed by atoms with E-state index in [1.807, 2.05) is 0 Å². The molecule has 0 saturated carbocycles. The Bertz CT molecular complexity index is 210. The van der Waals surface area contributed by atoms with E-state index in [0.717, 1.165) is 0 Å². The van der Waals surface area contributed by atoms with Crippen LogP contribution in [0.25, 0.3) is 0 Å². The summed E-state index contributed by atoms with van der Waals surface area (Å²) in [5.74, 6) is 0. The molecule has 1 aliphatic heterocycles. The first-order valence-corrected chi connectivity index (χ1v) is 6.59. The van der Waals surface area contributed by atoms with E-state index in [0.29, 0.717) is 12.6 Å². The molecule has 1 rings (SSSR count). The first-order valence-electron chi connectivity index (χ1n) is 6.59. The molecule has 1 aliphatic rings. The fraction of sp³-hybridized carbons (Fsp3) is 1.00. The molecule has 3 heteroatoms. The Morgan fingerprint density at radius 1 is 1.50 bits per heavy atom. The Kier molecular flexibility index (Phi) is 5.22. The molecule has 0 aromatic carbocycles. The number of hydrogen-bond acceptors (Lipinski definition) is 3. The zero-order chi connectivity index (χ0) is 12.2. The zero-order valence-corrected chi connectivity index (χ0v) is 11.3. The van der Waals surface area contributed by atoms with Gasteiger partial charge in [0.1, 0.15) is 0 Å². The molecular weight excluding hydrogens is 200 g/mol. The second kappa shape index (κ2) is 5.99. The van der Waals surface area contributed by atoms with Gasteiger partial charge < -0.3 is 10.5 Å². The van der Waals surface area contributed by atoms with Crippen molar-refractivity contribution in [3.63, 3.8) is 0 Å². The summed E-state index contributed by atoms with van der Waals surface area (Å²) in [5.41, 5.74) is 5.99. The maximum atomic E-state index is 6.01. The quantitative estimate of drug-likeness (QED) is 0.782. The molecule has 3 unspecified atom stereocenters. The minimum absolute atomic E-state index is 0.0180. The summed E-state index contributed by atoms with van der Waals surface area (Å²) in [6, 6.07) is 0.680. The molecule has 0 bridgehead atoms. The number of hydrogen-bond donors (Lipinski definition) is 1. The average Bonchev–Trinajstić information content (AvgIpc) is 2.36. The van der Waals surface area contributed by atoms with Crippen LogP contribution in [-0.2, 0) is 4.74 Å². The van der Waals surface area contributed by atoms with E-state index in [4.69, 9.17) is 10.5 Å². The Morgan fingerprint density at radius 3 is 2.69 bits per heavy atom. The molecule has 3 nitrogen and oxygen atoms in total. The van der Waals surface area contributed by atoms with Crippen LogP contribution in [0.3, 0.4) is 0 Å². The molecule has 0 aromatic heterocycles. The average molecular weight is 228 g/mol. The van der Waals surface area contributed by atoms with Crippen LogP contribution in [0.4, 0.5) is 0 Å². The third kappa shape index (κ3) is 2.58. The van der Waals surface area contributed by atoms with E-state index < -0.39 is 0 Å². The van der Waals surface area contributed by atoms with Crippen LogP contribution in [0.2, 0.25) is 0 Å². The molecule has 0 spiro atoms. The number of piperidine rings is 1. The molecule has 2 N–H and O–H groups in total. The van der Waals surface area contributed by atoms with Crippen molar-refractivity contribution in [1.29, 1.82) is 0 Å². The highest BCUT2D eigenvalue weighted by atomic mass is 16.5. The maximum absolute atomic E-state index is 6.01. The van der Waals surface area contributed by atoms with Gasteiger partial charge in [0.15, 0.2) is 0 Å². The highest BCUT2D eigenvalue weighted by molar-refractivity contribution is 4.97. The van der Waals surface area contributed by atoms with Crippen LogP contribution < -0.4 is 5.73 Å². The third-order valence-corrected chi connectivity index (χ3v) is 4.40. The Morgan fingerprint density at radius 2 is 2.19 bits per heavy atom. The van der Waals surface area contributed by atoms with Crippen molar-refractivity contribution < 1.29 is 4.74 Å². The first-order chi connectivity index (χ1) is 7.60. The lowest BCUT2D eigenvalue weighted by atomic mass is 9.87. The van der Waals surface area contributed by atoms with Gasteiger partial charge in [-0.15, -0.1) is 0 Å². The number of ether oxygens (including phenoxy) is 1. The Balaban J connectivity index is 2.83. The maximum Gasteiger partial charge on any atom is 0.0736 e. The monoisotopic (exact) mass is 228 g/mol. The largest absolute Gasteiger partial charge is 0.380 e. The molecule has 1 fully saturated rings. The summed E-state index contributed by atoms with van der Waals surface area (Å²) in [4.78, 5) is 2.59. The predicted molar refractivity (Wildman–Crippen MR) is 68.6 cm³/mol. The molecular formula is C13H28N2O. The number of nitrogens with zero attached hydrogens (tertiary/aromatic N) is 1. The van der Waals surface area contributed by atoms with Crippen molar-refractivity contribution >= 4 is 0 Å². The number of likely N-dealkylation sites (tertiary alicyclic amines) is 1. The Labute approximate surface area is 100 Å². The molecule has 0 amide bonds. The number of nitrogens with two attached hydrogens (primary N) is 1. The lowest BCUT2D eigenvalue weighted by Gasteiger charge is -2.50. The van der Waals surface area contributed by atoms with Crippen LogP contribution in [-0.4, -0.2) is 42.8 Å². The SMILES string of the molecule is CCC1CCCCN1C(C)(CN)C(C)OC. The molecule has 1 heterocycles. The van der Waals surface area contributed by atoms with Crippen LogP contribution in [0.1, 0.15) is 46.5 Å². The van der Waals surface area contributed by atoms with Crippen molar-refractivity contribution in [1.82, 2.24) is 4.90 Å². The molecule has 0 radical (unpaired) electrons. The van der Waals surface area contributed by atoms with Gasteiger partial charge in [0, 0.05) is 19.7 Å². The lowest BCUT2D eigenvalue weighted by molar-refractivity contribution is -0.0626. The highest BCUT2D eigenvalue weighted by Gasteiger charge is 2.40. The molecule has 3 atom stereocenters. The summed E-state index contributed by atoms with van der Waals surface area (Å²) in [6.45, 7) is 8.49. The van der Waals surface area contributed by atoms with Gasteiger partial charge in [-0.25, -0.2) is 0 Å².